The highest BCUT2D eigenvalue weighted by Gasteiger charge is 2.21. The summed E-state index contributed by atoms with van der Waals surface area (Å²) < 4.78 is 0. The second-order valence-corrected chi connectivity index (χ2v) is 7.30. The standard InChI is InChI=1S/C20H29N3O2.ClH/c24-19(13-17-10-5-11-21-17)22-14-15-6-4-9-18(12-15)23-20(25)16-7-2-1-3-8-16;/h4,6,9,12,16-17,21H,1-3,5,7-8,10-11,13-14H2,(H,22,24)(H,23,25);1H. The molecule has 1 heterocycles. The van der Waals surface area contributed by atoms with Crippen molar-refractivity contribution < 1.29 is 9.59 Å². The maximum atomic E-state index is 12.4. The smallest absolute Gasteiger partial charge is 0.227 e. The number of amides is 2. The lowest BCUT2D eigenvalue weighted by Gasteiger charge is -2.20. The number of carbonyl (C=O) groups excluding carboxylic acids is 2. The van der Waals surface area contributed by atoms with Crippen molar-refractivity contribution >= 4 is 29.9 Å². The van der Waals surface area contributed by atoms with E-state index in [2.05, 4.69) is 16.0 Å². The SMILES string of the molecule is Cl.O=C(CC1CCCN1)NCc1cccc(NC(=O)C2CCCCC2)c1. The van der Waals surface area contributed by atoms with Crippen LogP contribution in [0.25, 0.3) is 0 Å². The van der Waals surface area contributed by atoms with Crippen LogP contribution in [0.1, 0.15) is 56.9 Å². The predicted molar refractivity (Wildman–Crippen MR) is 106 cm³/mol. The molecule has 2 aliphatic rings. The van der Waals surface area contributed by atoms with E-state index < -0.39 is 0 Å². The molecule has 0 radical (unpaired) electrons. The Labute approximate surface area is 162 Å². The van der Waals surface area contributed by atoms with E-state index in [0.29, 0.717) is 19.0 Å². The summed E-state index contributed by atoms with van der Waals surface area (Å²) in [7, 11) is 0. The molecule has 6 heteroatoms. The van der Waals surface area contributed by atoms with Crippen molar-refractivity contribution in [3.8, 4) is 0 Å². The normalized spacial score (nSPS) is 20.2. The third-order valence-electron chi connectivity index (χ3n) is 5.25. The summed E-state index contributed by atoms with van der Waals surface area (Å²) in [5.74, 6) is 0.361. The van der Waals surface area contributed by atoms with Gasteiger partial charge in [-0.2, -0.15) is 0 Å². The molecule has 1 unspecified atom stereocenters. The molecular weight excluding hydrogens is 350 g/mol. The molecule has 1 saturated heterocycles. The molecular formula is C20H30ClN3O2. The number of carbonyl (C=O) groups is 2. The van der Waals surface area contributed by atoms with Gasteiger partial charge in [-0.15, -0.1) is 12.4 Å². The largest absolute Gasteiger partial charge is 0.352 e. The van der Waals surface area contributed by atoms with Crippen LogP contribution in [0.3, 0.4) is 0 Å². The van der Waals surface area contributed by atoms with Crippen molar-refractivity contribution in [2.45, 2.75) is 64.0 Å². The monoisotopic (exact) mass is 379 g/mol. The maximum Gasteiger partial charge on any atom is 0.227 e. The highest BCUT2D eigenvalue weighted by Crippen LogP contribution is 2.25. The molecule has 3 N–H and O–H groups in total. The van der Waals surface area contributed by atoms with Gasteiger partial charge in [-0.05, 0) is 49.9 Å². The van der Waals surface area contributed by atoms with Gasteiger partial charge in [0.05, 0.1) is 0 Å². The van der Waals surface area contributed by atoms with E-state index in [4.69, 9.17) is 0 Å². The van der Waals surface area contributed by atoms with Crippen LogP contribution in [-0.2, 0) is 16.1 Å². The summed E-state index contributed by atoms with van der Waals surface area (Å²) in [6.07, 6.45) is 8.32. The van der Waals surface area contributed by atoms with E-state index >= 15 is 0 Å². The van der Waals surface area contributed by atoms with Crippen LogP contribution in [-0.4, -0.2) is 24.4 Å². The Hall–Kier alpha value is -1.59. The molecule has 26 heavy (non-hydrogen) atoms. The van der Waals surface area contributed by atoms with Gasteiger partial charge in [0.25, 0.3) is 0 Å². The number of benzene rings is 1. The molecule has 2 fully saturated rings. The number of hydrogen-bond acceptors (Lipinski definition) is 3. The van der Waals surface area contributed by atoms with Crippen LogP contribution in [0.5, 0.6) is 0 Å². The Morgan fingerprint density at radius 3 is 2.62 bits per heavy atom. The van der Waals surface area contributed by atoms with Crippen LogP contribution in [0, 0.1) is 5.92 Å². The summed E-state index contributed by atoms with van der Waals surface area (Å²) in [6, 6.07) is 8.09. The van der Waals surface area contributed by atoms with Crippen LogP contribution in [0.4, 0.5) is 5.69 Å². The fourth-order valence-electron chi connectivity index (χ4n) is 3.80. The van der Waals surface area contributed by atoms with Gasteiger partial charge >= 0.3 is 0 Å². The van der Waals surface area contributed by atoms with Gasteiger partial charge in [-0.25, -0.2) is 0 Å². The molecule has 1 aliphatic heterocycles. The predicted octanol–water partition coefficient (Wildman–Crippen LogP) is 3.39. The van der Waals surface area contributed by atoms with E-state index in [0.717, 1.165) is 56.3 Å². The number of nitrogens with one attached hydrogen (secondary N) is 3. The number of rotatable bonds is 6. The third kappa shape index (κ3) is 6.29. The molecule has 1 saturated carbocycles. The summed E-state index contributed by atoms with van der Waals surface area (Å²) in [5, 5.41) is 9.35. The average molecular weight is 380 g/mol. The second kappa shape index (κ2) is 10.5. The molecule has 1 atom stereocenters. The van der Waals surface area contributed by atoms with Gasteiger partial charge in [-0.3, -0.25) is 9.59 Å². The Kier molecular flexibility index (Phi) is 8.39. The summed E-state index contributed by atoms with van der Waals surface area (Å²) >= 11 is 0. The van der Waals surface area contributed by atoms with Crippen molar-refractivity contribution in [3.63, 3.8) is 0 Å². The zero-order chi connectivity index (χ0) is 17.5. The Morgan fingerprint density at radius 2 is 1.88 bits per heavy atom. The van der Waals surface area contributed by atoms with Crippen molar-refractivity contribution in [1.29, 1.82) is 0 Å². The summed E-state index contributed by atoms with van der Waals surface area (Å²) in [4.78, 5) is 24.4. The Balaban J connectivity index is 0.00000243. The first-order valence-electron chi connectivity index (χ1n) is 9.60. The van der Waals surface area contributed by atoms with Crippen LogP contribution in [0.2, 0.25) is 0 Å². The number of anilines is 1. The Bertz CT molecular complexity index is 596. The first-order chi connectivity index (χ1) is 12.2. The van der Waals surface area contributed by atoms with Gasteiger partial charge in [0.1, 0.15) is 0 Å². The molecule has 1 aromatic carbocycles. The number of halogens is 1. The minimum atomic E-state index is 0. The second-order valence-electron chi connectivity index (χ2n) is 7.30. The highest BCUT2D eigenvalue weighted by atomic mass is 35.5. The summed E-state index contributed by atoms with van der Waals surface area (Å²) in [5.41, 5.74) is 1.83. The fourth-order valence-corrected chi connectivity index (χ4v) is 3.80. The van der Waals surface area contributed by atoms with E-state index in [1.165, 1.54) is 6.42 Å². The van der Waals surface area contributed by atoms with Gasteiger partial charge in [-0.1, -0.05) is 31.4 Å². The first kappa shape index (κ1) is 20.7. The molecule has 2 amide bonds. The minimum Gasteiger partial charge on any atom is -0.352 e. The minimum absolute atomic E-state index is 0. The van der Waals surface area contributed by atoms with Gasteiger partial charge in [0.2, 0.25) is 11.8 Å². The molecule has 1 aromatic rings. The lowest BCUT2D eigenvalue weighted by Crippen LogP contribution is -2.31. The van der Waals surface area contributed by atoms with Crippen molar-refractivity contribution in [3.05, 3.63) is 29.8 Å². The first-order valence-corrected chi connectivity index (χ1v) is 9.60. The highest BCUT2D eigenvalue weighted by molar-refractivity contribution is 5.92. The van der Waals surface area contributed by atoms with E-state index in [1.807, 2.05) is 24.3 Å². The van der Waals surface area contributed by atoms with Crippen molar-refractivity contribution in [2.24, 2.45) is 5.92 Å². The van der Waals surface area contributed by atoms with Crippen LogP contribution >= 0.6 is 12.4 Å². The maximum absolute atomic E-state index is 12.4. The third-order valence-corrected chi connectivity index (χ3v) is 5.25. The topological polar surface area (TPSA) is 70.2 Å². The molecule has 0 spiro atoms. The lowest BCUT2D eigenvalue weighted by atomic mass is 9.88. The zero-order valence-electron chi connectivity index (χ0n) is 15.3. The molecule has 0 aromatic heterocycles. The average Bonchev–Trinajstić information content (AvgIpc) is 3.14. The molecule has 3 rings (SSSR count). The molecule has 144 valence electrons. The van der Waals surface area contributed by atoms with Crippen LogP contribution in [0.15, 0.2) is 24.3 Å². The molecule has 0 bridgehead atoms. The quantitative estimate of drug-likeness (QED) is 0.709. The van der Waals surface area contributed by atoms with Gasteiger partial charge < -0.3 is 16.0 Å². The van der Waals surface area contributed by atoms with Crippen molar-refractivity contribution in [2.75, 3.05) is 11.9 Å². The van der Waals surface area contributed by atoms with E-state index in [9.17, 15) is 9.59 Å². The van der Waals surface area contributed by atoms with Crippen molar-refractivity contribution in [1.82, 2.24) is 10.6 Å². The lowest BCUT2D eigenvalue weighted by molar-refractivity contribution is -0.122. The van der Waals surface area contributed by atoms with Crippen LogP contribution < -0.4 is 16.0 Å². The Morgan fingerprint density at radius 1 is 1.08 bits per heavy atom. The summed E-state index contributed by atoms with van der Waals surface area (Å²) in [6.45, 7) is 1.51. The van der Waals surface area contributed by atoms with E-state index in [1.54, 1.807) is 0 Å². The van der Waals surface area contributed by atoms with E-state index in [-0.39, 0.29) is 30.1 Å². The van der Waals surface area contributed by atoms with Gasteiger partial charge in [0.15, 0.2) is 0 Å². The van der Waals surface area contributed by atoms with Gasteiger partial charge in [0, 0.05) is 30.6 Å². The molecule has 5 nitrogen and oxygen atoms in total. The fraction of sp³-hybridized carbons (Fsp3) is 0.600. The molecule has 1 aliphatic carbocycles. The number of hydrogen-bond donors (Lipinski definition) is 3. The zero-order valence-corrected chi connectivity index (χ0v) is 16.1.